The second kappa shape index (κ2) is 10.8. The van der Waals surface area contributed by atoms with Crippen LogP contribution in [0.2, 0.25) is 0 Å². The molecule has 0 aliphatic rings. The van der Waals surface area contributed by atoms with E-state index >= 15 is 0 Å². The first-order valence-electron chi connectivity index (χ1n) is 12.6. The molecule has 2 aromatic heterocycles. The summed E-state index contributed by atoms with van der Waals surface area (Å²) in [5.74, 6) is 1.79. The second-order valence-corrected chi connectivity index (χ2v) is 10.2. The fourth-order valence-corrected chi connectivity index (χ4v) is 4.92. The molecular weight excluding hydrogens is 570 g/mol. The maximum absolute atomic E-state index is 13.7. The van der Waals surface area contributed by atoms with Crippen molar-refractivity contribution in [2.75, 3.05) is 7.11 Å². The number of para-hydroxylation sites is 2. The van der Waals surface area contributed by atoms with E-state index in [0.717, 1.165) is 21.0 Å². The lowest BCUT2D eigenvalue weighted by atomic mass is 10.1. The molecule has 0 fully saturated rings. The lowest BCUT2D eigenvalue weighted by Gasteiger charge is -2.14. The van der Waals surface area contributed by atoms with Crippen LogP contribution in [0.5, 0.6) is 11.5 Å². The third-order valence-electron chi connectivity index (χ3n) is 6.46. The molecule has 0 bridgehead atoms. The summed E-state index contributed by atoms with van der Waals surface area (Å²) in [6.07, 6.45) is 1.58. The Kier molecular flexibility index (Phi) is 6.92. The van der Waals surface area contributed by atoms with Crippen LogP contribution in [0.4, 0.5) is 0 Å². The van der Waals surface area contributed by atoms with Crippen LogP contribution < -0.4 is 15.0 Å². The van der Waals surface area contributed by atoms with E-state index < -0.39 is 0 Å². The number of benzene rings is 4. The van der Waals surface area contributed by atoms with E-state index in [9.17, 15) is 4.79 Å². The van der Waals surface area contributed by atoms with Crippen LogP contribution in [-0.2, 0) is 6.61 Å². The van der Waals surface area contributed by atoms with Gasteiger partial charge < -0.3 is 13.9 Å². The number of hydrogen-bond donors (Lipinski definition) is 0. The number of nitrogens with zero attached hydrogens (tertiary/aromatic N) is 3. The molecule has 2 heterocycles. The average molecular weight is 594 g/mol. The van der Waals surface area contributed by atoms with Gasteiger partial charge in [0, 0.05) is 15.4 Å². The Bertz CT molecular complexity index is 1960. The summed E-state index contributed by atoms with van der Waals surface area (Å²) in [6.45, 7) is 2.39. The topological polar surface area (TPSA) is 78.9 Å². The minimum Gasteiger partial charge on any atom is -0.493 e. The first kappa shape index (κ1) is 25.6. The van der Waals surface area contributed by atoms with Gasteiger partial charge in [0.1, 0.15) is 12.2 Å². The summed E-state index contributed by atoms with van der Waals surface area (Å²) in [7, 11) is 1.59. The highest BCUT2D eigenvalue weighted by atomic mass is 79.9. The lowest BCUT2D eigenvalue weighted by Crippen LogP contribution is -2.20. The van der Waals surface area contributed by atoms with Crippen molar-refractivity contribution in [2.45, 2.75) is 13.5 Å². The van der Waals surface area contributed by atoms with E-state index in [1.165, 1.54) is 4.68 Å². The summed E-state index contributed by atoms with van der Waals surface area (Å²) < 4.78 is 20.1. The molecule has 0 saturated carbocycles. The SMILES string of the molecule is COc1cccc(C=Nn2c(-c3cc4cc(Br)ccc4o3)nc3ccccc3c2=O)c1OCc1cccc(C)c1. The number of ether oxygens (including phenoxy) is 2. The molecule has 0 saturated heterocycles. The van der Waals surface area contributed by atoms with E-state index in [1.807, 2.05) is 73.7 Å². The average Bonchev–Trinajstić information content (AvgIpc) is 3.38. The van der Waals surface area contributed by atoms with Crippen molar-refractivity contribution in [3.05, 3.63) is 123 Å². The maximum Gasteiger partial charge on any atom is 0.282 e. The summed E-state index contributed by atoms with van der Waals surface area (Å²) in [6, 6.07) is 28.4. The molecule has 7 nitrogen and oxygen atoms in total. The van der Waals surface area contributed by atoms with Crippen LogP contribution in [0.15, 0.2) is 110 Å². The Morgan fingerprint density at radius 2 is 1.85 bits per heavy atom. The minimum atomic E-state index is -0.316. The van der Waals surface area contributed by atoms with Gasteiger partial charge in [-0.25, -0.2) is 4.98 Å². The molecule has 40 heavy (non-hydrogen) atoms. The highest BCUT2D eigenvalue weighted by molar-refractivity contribution is 9.10. The van der Waals surface area contributed by atoms with Crippen LogP contribution >= 0.6 is 15.9 Å². The Morgan fingerprint density at radius 3 is 2.70 bits per heavy atom. The molecule has 0 radical (unpaired) electrons. The molecule has 0 atom stereocenters. The Balaban J connectivity index is 1.46. The van der Waals surface area contributed by atoms with Gasteiger partial charge in [0.2, 0.25) is 5.82 Å². The predicted octanol–water partition coefficient (Wildman–Crippen LogP) is 7.35. The number of hydrogen-bond acceptors (Lipinski definition) is 6. The quantitative estimate of drug-likeness (QED) is 0.181. The Morgan fingerprint density at radius 1 is 1.00 bits per heavy atom. The normalized spacial score (nSPS) is 11.5. The van der Waals surface area contributed by atoms with Gasteiger partial charge in [0.15, 0.2) is 17.3 Å². The molecule has 0 spiro atoms. The first-order valence-corrected chi connectivity index (χ1v) is 13.4. The molecule has 0 N–H and O–H groups in total. The number of methoxy groups -OCH3 is 1. The van der Waals surface area contributed by atoms with Crippen molar-refractivity contribution in [2.24, 2.45) is 5.10 Å². The number of aromatic nitrogens is 2. The third kappa shape index (κ3) is 5.01. The summed E-state index contributed by atoms with van der Waals surface area (Å²) in [5, 5.41) is 5.93. The maximum atomic E-state index is 13.7. The summed E-state index contributed by atoms with van der Waals surface area (Å²) >= 11 is 3.50. The van der Waals surface area contributed by atoms with Crippen molar-refractivity contribution >= 4 is 44.0 Å². The van der Waals surface area contributed by atoms with Gasteiger partial charge in [-0.3, -0.25) is 4.79 Å². The van der Waals surface area contributed by atoms with Gasteiger partial charge in [-0.2, -0.15) is 9.78 Å². The van der Waals surface area contributed by atoms with Crippen LogP contribution in [0.3, 0.4) is 0 Å². The molecule has 0 unspecified atom stereocenters. The van der Waals surface area contributed by atoms with Crippen molar-refractivity contribution in [3.8, 4) is 23.1 Å². The minimum absolute atomic E-state index is 0.289. The summed E-state index contributed by atoms with van der Waals surface area (Å²) in [4.78, 5) is 18.4. The zero-order valence-corrected chi connectivity index (χ0v) is 23.4. The van der Waals surface area contributed by atoms with Crippen molar-refractivity contribution in [3.63, 3.8) is 0 Å². The Labute approximate surface area is 238 Å². The highest BCUT2D eigenvalue weighted by Crippen LogP contribution is 2.32. The molecular formula is C32H24BrN3O4. The van der Waals surface area contributed by atoms with Crippen molar-refractivity contribution in [1.29, 1.82) is 0 Å². The zero-order valence-electron chi connectivity index (χ0n) is 21.8. The van der Waals surface area contributed by atoms with Crippen molar-refractivity contribution < 1.29 is 13.9 Å². The molecule has 198 valence electrons. The summed E-state index contributed by atoms with van der Waals surface area (Å²) in [5.41, 5.74) is 3.74. The van der Waals surface area contributed by atoms with Gasteiger partial charge in [-0.15, -0.1) is 0 Å². The van der Waals surface area contributed by atoms with E-state index in [-0.39, 0.29) is 11.4 Å². The number of halogens is 1. The lowest BCUT2D eigenvalue weighted by molar-refractivity contribution is 0.284. The van der Waals surface area contributed by atoms with Crippen LogP contribution in [-0.4, -0.2) is 23.0 Å². The Hall–Kier alpha value is -4.69. The monoisotopic (exact) mass is 593 g/mol. The molecule has 4 aromatic carbocycles. The predicted molar refractivity (Wildman–Crippen MR) is 160 cm³/mol. The molecule has 0 amide bonds. The van der Waals surface area contributed by atoms with Gasteiger partial charge in [0.05, 0.1) is 24.2 Å². The van der Waals surface area contributed by atoms with Crippen molar-refractivity contribution in [1.82, 2.24) is 9.66 Å². The van der Waals surface area contributed by atoms with Gasteiger partial charge in [-0.05, 0) is 61.0 Å². The smallest absolute Gasteiger partial charge is 0.282 e. The van der Waals surface area contributed by atoms with Crippen LogP contribution in [0.1, 0.15) is 16.7 Å². The standard InChI is InChI=1S/C32H24BrN3O4/c1-20-7-5-8-21(15-20)19-39-30-22(9-6-12-28(30)38-2)18-34-36-31(35-26-11-4-3-10-25(26)32(36)37)29-17-23-16-24(33)13-14-27(23)40-29/h3-18H,19H2,1-2H3. The fourth-order valence-electron chi connectivity index (χ4n) is 4.54. The number of rotatable bonds is 7. The van der Waals surface area contributed by atoms with Gasteiger partial charge in [-0.1, -0.05) is 64.0 Å². The highest BCUT2D eigenvalue weighted by Gasteiger charge is 2.17. The van der Waals surface area contributed by atoms with Crippen LogP contribution in [0.25, 0.3) is 33.5 Å². The number of fused-ring (bicyclic) bond motifs is 2. The van der Waals surface area contributed by atoms with E-state index in [4.69, 9.17) is 18.9 Å². The fraction of sp³-hybridized carbons (Fsp3) is 0.0938. The van der Waals surface area contributed by atoms with Gasteiger partial charge in [0.25, 0.3) is 5.56 Å². The first-order chi connectivity index (χ1) is 19.5. The zero-order chi connectivity index (χ0) is 27.6. The molecule has 6 rings (SSSR count). The largest absolute Gasteiger partial charge is 0.493 e. The number of furan rings is 1. The number of aryl methyl sites for hydroxylation is 1. The molecule has 6 aromatic rings. The third-order valence-corrected chi connectivity index (χ3v) is 6.95. The van der Waals surface area contributed by atoms with Crippen LogP contribution in [0, 0.1) is 6.92 Å². The van der Waals surface area contributed by atoms with E-state index in [1.54, 1.807) is 31.5 Å². The molecule has 0 aliphatic carbocycles. The van der Waals surface area contributed by atoms with E-state index in [0.29, 0.717) is 45.9 Å². The molecule has 0 aliphatic heterocycles. The van der Waals surface area contributed by atoms with E-state index in [2.05, 4.69) is 27.1 Å². The van der Waals surface area contributed by atoms with Gasteiger partial charge >= 0.3 is 0 Å². The second-order valence-electron chi connectivity index (χ2n) is 9.26. The molecule has 8 heteroatoms.